The fourth-order valence-electron chi connectivity index (χ4n) is 1.61. The van der Waals surface area contributed by atoms with Gasteiger partial charge in [-0.15, -0.1) is 0 Å². The van der Waals surface area contributed by atoms with Gasteiger partial charge in [-0.3, -0.25) is 0 Å². The van der Waals surface area contributed by atoms with Crippen LogP contribution in [0.3, 0.4) is 0 Å². The van der Waals surface area contributed by atoms with E-state index in [1.807, 2.05) is 0 Å². The van der Waals surface area contributed by atoms with Crippen LogP contribution in [0.4, 0.5) is 0 Å². The van der Waals surface area contributed by atoms with Gasteiger partial charge in [-0.05, 0) is 37.5 Å². The lowest BCUT2D eigenvalue weighted by Crippen LogP contribution is -2.06. The molecule has 0 spiro atoms. The first kappa shape index (κ1) is 7.84. The van der Waals surface area contributed by atoms with Crippen LogP contribution in [0.5, 0.6) is 0 Å². The summed E-state index contributed by atoms with van der Waals surface area (Å²) in [5, 5.41) is 0. The standard InChI is InChI=1S/C10H18/c1-9(2)10-7-5-3-4-6-8-10/h3,5,9-10H,4,6-8H2,1-2H3. The fourth-order valence-corrected chi connectivity index (χ4v) is 1.61. The zero-order chi connectivity index (χ0) is 7.40. The van der Waals surface area contributed by atoms with Crippen molar-refractivity contribution in [3.05, 3.63) is 12.2 Å². The van der Waals surface area contributed by atoms with Gasteiger partial charge in [-0.1, -0.05) is 26.0 Å². The summed E-state index contributed by atoms with van der Waals surface area (Å²) >= 11 is 0. The Hall–Kier alpha value is -0.260. The van der Waals surface area contributed by atoms with E-state index in [2.05, 4.69) is 26.0 Å². The van der Waals surface area contributed by atoms with Gasteiger partial charge in [0.2, 0.25) is 0 Å². The predicted octanol–water partition coefficient (Wildman–Crippen LogP) is 3.39. The highest BCUT2D eigenvalue weighted by molar-refractivity contribution is 4.88. The van der Waals surface area contributed by atoms with Gasteiger partial charge in [-0.25, -0.2) is 0 Å². The van der Waals surface area contributed by atoms with Gasteiger partial charge in [-0.2, -0.15) is 0 Å². The molecular weight excluding hydrogens is 120 g/mol. The van der Waals surface area contributed by atoms with Crippen LogP contribution >= 0.6 is 0 Å². The van der Waals surface area contributed by atoms with Gasteiger partial charge in [0.15, 0.2) is 0 Å². The SMILES string of the molecule is CC(C)C1CC=CCCC1. The normalized spacial score (nSPS) is 26.9. The minimum Gasteiger partial charge on any atom is -0.0885 e. The molecule has 0 nitrogen and oxygen atoms in total. The lowest BCUT2D eigenvalue weighted by molar-refractivity contribution is 0.361. The molecule has 0 saturated heterocycles. The van der Waals surface area contributed by atoms with Gasteiger partial charge in [0.25, 0.3) is 0 Å². The van der Waals surface area contributed by atoms with Gasteiger partial charge >= 0.3 is 0 Å². The largest absolute Gasteiger partial charge is 0.0885 e. The Morgan fingerprint density at radius 1 is 1.30 bits per heavy atom. The van der Waals surface area contributed by atoms with Crippen molar-refractivity contribution < 1.29 is 0 Å². The van der Waals surface area contributed by atoms with E-state index in [0.29, 0.717) is 0 Å². The van der Waals surface area contributed by atoms with E-state index in [1.54, 1.807) is 0 Å². The second-order valence-electron chi connectivity index (χ2n) is 3.64. The number of hydrogen-bond donors (Lipinski definition) is 0. The smallest absolute Gasteiger partial charge is 0.0320 e. The zero-order valence-electron chi connectivity index (χ0n) is 7.14. The molecule has 0 N–H and O–H groups in total. The minimum absolute atomic E-state index is 0.878. The molecule has 1 rings (SSSR count). The maximum Gasteiger partial charge on any atom is -0.0320 e. The summed E-state index contributed by atoms with van der Waals surface area (Å²) in [5.41, 5.74) is 0. The van der Waals surface area contributed by atoms with Crippen LogP contribution in [0.2, 0.25) is 0 Å². The number of rotatable bonds is 1. The van der Waals surface area contributed by atoms with Crippen LogP contribution in [0.25, 0.3) is 0 Å². The second-order valence-corrected chi connectivity index (χ2v) is 3.64. The fraction of sp³-hybridized carbons (Fsp3) is 0.800. The maximum absolute atomic E-state index is 2.36. The van der Waals surface area contributed by atoms with Crippen molar-refractivity contribution in [2.45, 2.75) is 39.5 Å². The highest BCUT2D eigenvalue weighted by atomic mass is 14.2. The summed E-state index contributed by atoms with van der Waals surface area (Å²) in [6, 6.07) is 0. The van der Waals surface area contributed by atoms with Crippen molar-refractivity contribution >= 4 is 0 Å². The van der Waals surface area contributed by atoms with Crippen LogP contribution in [0.15, 0.2) is 12.2 Å². The van der Waals surface area contributed by atoms with Crippen molar-refractivity contribution in [1.29, 1.82) is 0 Å². The van der Waals surface area contributed by atoms with Crippen molar-refractivity contribution in [2.24, 2.45) is 11.8 Å². The third kappa shape index (κ3) is 2.17. The molecule has 1 aliphatic rings. The summed E-state index contributed by atoms with van der Waals surface area (Å²) in [6.45, 7) is 4.67. The quantitative estimate of drug-likeness (QED) is 0.487. The Balaban J connectivity index is 2.37. The van der Waals surface area contributed by atoms with Crippen molar-refractivity contribution in [2.75, 3.05) is 0 Å². The van der Waals surface area contributed by atoms with Crippen molar-refractivity contribution in [3.8, 4) is 0 Å². The Morgan fingerprint density at radius 3 is 2.80 bits per heavy atom. The zero-order valence-corrected chi connectivity index (χ0v) is 7.14. The van der Waals surface area contributed by atoms with Crippen molar-refractivity contribution in [3.63, 3.8) is 0 Å². The lowest BCUT2D eigenvalue weighted by atomic mass is 9.89. The predicted molar refractivity (Wildman–Crippen MR) is 45.9 cm³/mol. The van der Waals surface area contributed by atoms with Crippen LogP contribution < -0.4 is 0 Å². The highest BCUT2D eigenvalue weighted by Gasteiger charge is 2.12. The molecule has 0 amide bonds. The van der Waals surface area contributed by atoms with Gasteiger partial charge in [0, 0.05) is 0 Å². The van der Waals surface area contributed by atoms with E-state index in [1.165, 1.54) is 25.7 Å². The molecule has 10 heavy (non-hydrogen) atoms. The molecule has 0 radical (unpaired) electrons. The van der Waals surface area contributed by atoms with E-state index in [4.69, 9.17) is 0 Å². The van der Waals surface area contributed by atoms with Crippen LogP contribution in [-0.4, -0.2) is 0 Å². The highest BCUT2D eigenvalue weighted by Crippen LogP contribution is 2.24. The van der Waals surface area contributed by atoms with Crippen LogP contribution in [0, 0.1) is 11.8 Å². The summed E-state index contributed by atoms with van der Waals surface area (Å²) < 4.78 is 0. The molecule has 1 atom stereocenters. The molecule has 0 bridgehead atoms. The topological polar surface area (TPSA) is 0 Å². The van der Waals surface area contributed by atoms with E-state index in [0.717, 1.165) is 11.8 Å². The summed E-state index contributed by atoms with van der Waals surface area (Å²) in [4.78, 5) is 0. The average molecular weight is 138 g/mol. The van der Waals surface area contributed by atoms with E-state index >= 15 is 0 Å². The summed E-state index contributed by atoms with van der Waals surface area (Å²) in [5.74, 6) is 1.83. The molecule has 0 saturated carbocycles. The summed E-state index contributed by atoms with van der Waals surface area (Å²) in [7, 11) is 0. The molecule has 1 unspecified atom stereocenters. The van der Waals surface area contributed by atoms with Crippen molar-refractivity contribution in [1.82, 2.24) is 0 Å². The third-order valence-corrected chi connectivity index (χ3v) is 2.49. The lowest BCUT2D eigenvalue weighted by Gasteiger charge is -2.16. The first-order valence-corrected chi connectivity index (χ1v) is 4.45. The molecule has 0 aliphatic heterocycles. The molecule has 0 aromatic carbocycles. The Kier molecular flexibility index (Phi) is 2.98. The van der Waals surface area contributed by atoms with E-state index in [-0.39, 0.29) is 0 Å². The number of hydrogen-bond acceptors (Lipinski definition) is 0. The molecular formula is C10H18. The number of allylic oxidation sites excluding steroid dienone is 2. The van der Waals surface area contributed by atoms with Crippen LogP contribution in [0.1, 0.15) is 39.5 Å². The van der Waals surface area contributed by atoms with Gasteiger partial charge in [0.1, 0.15) is 0 Å². The molecule has 0 heteroatoms. The molecule has 0 fully saturated rings. The molecule has 0 aromatic rings. The first-order chi connectivity index (χ1) is 4.80. The minimum atomic E-state index is 0.878. The second kappa shape index (κ2) is 3.80. The van der Waals surface area contributed by atoms with Crippen LogP contribution in [-0.2, 0) is 0 Å². The molecule has 0 heterocycles. The van der Waals surface area contributed by atoms with E-state index in [9.17, 15) is 0 Å². The average Bonchev–Trinajstić information content (AvgIpc) is 2.12. The Morgan fingerprint density at radius 2 is 2.10 bits per heavy atom. The van der Waals surface area contributed by atoms with Gasteiger partial charge < -0.3 is 0 Å². The van der Waals surface area contributed by atoms with Gasteiger partial charge in [0.05, 0.1) is 0 Å². The molecule has 58 valence electrons. The molecule has 0 aromatic heterocycles. The maximum atomic E-state index is 2.36. The first-order valence-electron chi connectivity index (χ1n) is 4.45. The van der Waals surface area contributed by atoms with E-state index < -0.39 is 0 Å². The third-order valence-electron chi connectivity index (χ3n) is 2.49. The molecule has 1 aliphatic carbocycles. The summed E-state index contributed by atoms with van der Waals surface area (Å²) in [6.07, 6.45) is 10.2. The Labute approximate surface area is 64.3 Å². The Bertz CT molecular complexity index is 111. The monoisotopic (exact) mass is 138 g/mol.